The van der Waals surface area contributed by atoms with Gasteiger partial charge in [-0.05, 0) is 24.6 Å². The van der Waals surface area contributed by atoms with Crippen molar-refractivity contribution in [2.75, 3.05) is 14.2 Å². The maximum absolute atomic E-state index is 12.0. The summed E-state index contributed by atoms with van der Waals surface area (Å²) >= 11 is 0. The molecule has 2 N–H and O–H groups in total. The highest BCUT2D eigenvalue weighted by Crippen LogP contribution is 2.30. The fourth-order valence-electron chi connectivity index (χ4n) is 2.37. The highest BCUT2D eigenvalue weighted by atomic mass is 16.5. The molecule has 6 heteroatoms. The molecule has 6 nitrogen and oxygen atoms in total. The second-order valence-electron chi connectivity index (χ2n) is 4.73. The lowest BCUT2D eigenvalue weighted by molar-refractivity contribution is -0.140. The fraction of sp³-hybridized carbons (Fsp3) is 0.333. The maximum atomic E-state index is 12.0. The molecule has 0 unspecified atom stereocenters. The molecule has 1 heterocycles. The van der Waals surface area contributed by atoms with E-state index in [-0.39, 0.29) is 23.9 Å². The zero-order valence-electron chi connectivity index (χ0n) is 12.2. The van der Waals surface area contributed by atoms with Crippen LogP contribution in [-0.4, -0.2) is 30.4 Å². The van der Waals surface area contributed by atoms with E-state index in [9.17, 15) is 9.59 Å². The molecule has 1 aromatic heterocycles. The molecule has 0 amide bonds. The number of aryl methyl sites for hydroxylation is 1. The van der Waals surface area contributed by atoms with Gasteiger partial charge in [-0.2, -0.15) is 0 Å². The molecule has 0 fully saturated rings. The van der Waals surface area contributed by atoms with Crippen molar-refractivity contribution in [2.45, 2.75) is 19.3 Å². The summed E-state index contributed by atoms with van der Waals surface area (Å²) in [6, 6.07) is 7.32. The summed E-state index contributed by atoms with van der Waals surface area (Å²) in [4.78, 5) is 23.7. The normalized spacial score (nSPS) is 12.0. The molecule has 0 aliphatic heterocycles. The van der Waals surface area contributed by atoms with Crippen LogP contribution in [0.25, 0.3) is 0 Å². The Balaban J connectivity index is 2.50. The van der Waals surface area contributed by atoms with Gasteiger partial charge < -0.3 is 14.6 Å². The number of aromatic nitrogens is 2. The van der Waals surface area contributed by atoms with E-state index < -0.39 is 0 Å². The Morgan fingerprint density at radius 2 is 2.05 bits per heavy atom. The van der Waals surface area contributed by atoms with Gasteiger partial charge in [-0.3, -0.25) is 14.7 Å². The maximum Gasteiger partial charge on any atom is 0.306 e. The zero-order chi connectivity index (χ0) is 15.4. The number of hydrogen-bond acceptors (Lipinski definition) is 4. The summed E-state index contributed by atoms with van der Waals surface area (Å²) in [6.07, 6.45) is 0.0887. The smallest absolute Gasteiger partial charge is 0.306 e. The highest BCUT2D eigenvalue weighted by Gasteiger charge is 2.24. The molecule has 1 aromatic carbocycles. The molecule has 0 saturated carbocycles. The number of benzene rings is 1. The first-order chi connectivity index (χ1) is 10.1. The molecule has 21 heavy (non-hydrogen) atoms. The van der Waals surface area contributed by atoms with E-state index in [1.165, 1.54) is 7.11 Å². The van der Waals surface area contributed by atoms with Crippen LogP contribution in [0.3, 0.4) is 0 Å². The van der Waals surface area contributed by atoms with Crippen LogP contribution in [0.4, 0.5) is 0 Å². The van der Waals surface area contributed by atoms with Crippen LogP contribution < -0.4 is 10.3 Å². The lowest BCUT2D eigenvalue weighted by atomic mass is 9.88. The molecule has 0 spiro atoms. The lowest BCUT2D eigenvalue weighted by Crippen LogP contribution is -2.17. The van der Waals surface area contributed by atoms with Gasteiger partial charge >= 0.3 is 5.97 Å². The monoisotopic (exact) mass is 290 g/mol. The van der Waals surface area contributed by atoms with Gasteiger partial charge in [0.05, 0.1) is 20.6 Å². The van der Waals surface area contributed by atoms with Crippen molar-refractivity contribution in [1.29, 1.82) is 0 Å². The number of methoxy groups -OCH3 is 2. The third-order valence-electron chi connectivity index (χ3n) is 3.46. The first-order valence-corrected chi connectivity index (χ1v) is 6.54. The van der Waals surface area contributed by atoms with Crippen molar-refractivity contribution >= 4 is 5.97 Å². The average Bonchev–Trinajstić information content (AvgIpc) is 2.83. The van der Waals surface area contributed by atoms with E-state index >= 15 is 0 Å². The summed E-state index contributed by atoms with van der Waals surface area (Å²) in [5.74, 6) is -0.0858. The largest absolute Gasteiger partial charge is 0.497 e. The molecule has 0 aliphatic carbocycles. The van der Waals surface area contributed by atoms with Crippen molar-refractivity contribution in [1.82, 2.24) is 10.2 Å². The molecular weight excluding hydrogens is 272 g/mol. The summed E-state index contributed by atoms with van der Waals surface area (Å²) < 4.78 is 9.95. The van der Waals surface area contributed by atoms with Crippen LogP contribution >= 0.6 is 0 Å². The first-order valence-electron chi connectivity index (χ1n) is 6.54. The summed E-state index contributed by atoms with van der Waals surface area (Å²) in [5, 5.41) is 5.33. The van der Waals surface area contributed by atoms with Crippen molar-refractivity contribution in [2.24, 2.45) is 0 Å². The van der Waals surface area contributed by atoms with Gasteiger partial charge in [-0.25, -0.2) is 0 Å². The molecule has 2 aromatic rings. The molecule has 0 saturated heterocycles. The Labute approximate surface area is 122 Å². The van der Waals surface area contributed by atoms with Gasteiger partial charge in [0.15, 0.2) is 0 Å². The molecule has 112 valence electrons. The van der Waals surface area contributed by atoms with E-state index in [0.717, 1.165) is 5.56 Å². The van der Waals surface area contributed by atoms with E-state index in [1.54, 1.807) is 14.0 Å². The van der Waals surface area contributed by atoms with Crippen molar-refractivity contribution in [3.8, 4) is 5.75 Å². The van der Waals surface area contributed by atoms with E-state index in [4.69, 9.17) is 9.47 Å². The Bertz CT molecular complexity index is 687. The van der Waals surface area contributed by atoms with Gasteiger partial charge in [0.1, 0.15) is 5.75 Å². The number of nitrogens with one attached hydrogen (secondary N) is 2. The zero-order valence-corrected chi connectivity index (χ0v) is 12.2. The van der Waals surface area contributed by atoms with Gasteiger partial charge in [0, 0.05) is 17.2 Å². The number of carbonyl (C=O) groups is 1. The number of H-pyrrole nitrogens is 2. The fourth-order valence-corrected chi connectivity index (χ4v) is 2.37. The predicted molar refractivity (Wildman–Crippen MR) is 77.6 cm³/mol. The van der Waals surface area contributed by atoms with Crippen LogP contribution in [-0.2, 0) is 9.53 Å². The number of aromatic amines is 2. The number of esters is 1. The molecule has 1 atom stereocenters. The Morgan fingerprint density at radius 1 is 1.29 bits per heavy atom. The van der Waals surface area contributed by atoms with Gasteiger partial charge in [-0.1, -0.05) is 12.1 Å². The standard InChI is InChI=1S/C15H18N2O4/c1-9-14(15(19)17-16-9)12(8-13(18)21-3)10-5-4-6-11(7-10)20-2/h4-7,12H,8H2,1-3H3,(H2,16,17,19)/t12-/m1/s1. The van der Waals surface area contributed by atoms with E-state index in [1.807, 2.05) is 24.3 Å². The topological polar surface area (TPSA) is 84.2 Å². The van der Waals surface area contributed by atoms with Crippen LogP contribution in [0.1, 0.15) is 29.2 Å². The molecule has 0 bridgehead atoms. The van der Waals surface area contributed by atoms with Gasteiger partial charge in [0.25, 0.3) is 5.56 Å². The number of carbonyl (C=O) groups excluding carboxylic acids is 1. The predicted octanol–water partition coefficient (Wildman–Crippen LogP) is 1.72. The van der Waals surface area contributed by atoms with Crippen LogP contribution in [0, 0.1) is 6.92 Å². The van der Waals surface area contributed by atoms with E-state index in [0.29, 0.717) is 17.0 Å². The van der Waals surface area contributed by atoms with E-state index in [2.05, 4.69) is 10.2 Å². The number of ether oxygens (including phenoxy) is 2. The van der Waals surface area contributed by atoms with Crippen LogP contribution in [0.15, 0.2) is 29.1 Å². The van der Waals surface area contributed by atoms with Crippen molar-refractivity contribution in [3.05, 3.63) is 51.4 Å². The highest BCUT2D eigenvalue weighted by molar-refractivity contribution is 5.71. The Kier molecular flexibility index (Phi) is 4.47. The Morgan fingerprint density at radius 3 is 2.62 bits per heavy atom. The summed E-state index contributed by atoms with van der Waals surface area (Å²) in [7, 11) is 2.90. The molecule has 0 aliphatic rings. The minimum atomic E-state index is -0.387. The SMILES string of the molecule is COC(=O)C[C@H](c1cccc(OC)c1)c1c(C)[nH][nH]c1=O. The van der Waals surface area contributed by atoms with Gasteiger partial charge in [0.2, 0.25) is 0 Å². The minimum absolute atomic E-state index is 0.0887. The average molecular weight is 290 g/mol. The third kappa shape index (κ3) is 3.16. The lowest BCUT2D eigenvalue weighted by Gasteiger charge is -2.16. The van der Waals surface area contributed by atoms with Crippen LogP contribution in [0.5, 0.6) is 5.75 Å². The number of rotatable bonds is 5. The summed E-state index contributed by atoms with van der Waals surface area (Å²) in [5.41, 5.74) is 1.84. The quantitative estimate of drug-likeness (QED) is 0.821. The second kappa shape index (κ2) is 6.30. The van der Waals surface area contributed by atoms with Crippen LogP contribution in [0.2, 0.25) is 0 Å². The number of hydrogen-bond donors (Lipinski definition) is 2. The molecule has 2 rings (SSSR count). The first kappa shape index (κ1) is 14.9. The molecular formula is C15H18N2O4. The van der Waals surface area contributed by atoms with Crippen molar-refractivity contribution < 1.29 is 14.3 Å². The Hall–Kier alpha value is -2.50. The third-order valence-corrected chi connectivity index (χ3v) is 3.46. The minimum Gasteiger partial charge on any atom is -0.497 e. The summed E-state index contributed by atoms with van der Waals surface area (Å²) in [6.45, 7) is 1.79. The molecule has 0 radical (unpaired) electrons. The van der Waals surface area contributed by atoms with Crippen molar-refractivity contribution in [3.63, 3.8) is 0 Å². The second-order valence-corrected chi connectivity index (χ2v) is 4.73. The van der Waals surface area contributed by atoms with Gasteiger partial charge in [-0.15, -0.1) is 0 Å².